The number of aromatic nitrogens is 1. The van der Waals surface area contributed by atoms with E-state index in [1.54, 1.807) is 7.11 Å². The third-order valence-electron chi connectivity index (χ3n) is 2.34. The third kappa shape index (κ3) is 2.41. The van der Waals surface area contributed by atoms with E-state index in [1.165, 1.54) is 11.3 Å². The molecule has 0 aliphatic heterocycles. The minimum Gasteiger partial charge on any atom is -0.495 e. The largest absolute Gasteiger partial charge is 0.495 e. The maximum Gasteiger partial charge on any atom is 0.149 e. The first kappa shape index (κ1) is 12.7. The Morgan fingerprint density at radius 3 is 2.71 bits per heavy atom. The lowest BCUT2D eigenvalue weighted by molar-refractivity contribution is 0.415. The molecule has 0 fully saturated rings. The van der Waals surface area contributed by atoms with Gasteiger partial charge in [-0.1, -0.05) is 11.6 Å². The highest BCUT2D eigenvalue weighted by Gasteiger charge is 2.13. The Kier molecular flexibility index (Phi) is 3.61. The van der Waals surface area contributed by atoms with E-state index in [2.05, 4.69) is 20.9 Å². The molecule has 17 heavy (non-hydrogen) atoms. The molecule has 2 aromatic rings. The SMILES string of the molecule is COc1cc(C)c(-c2nc(N)c(Br)s2)cc1Cl. The Labute approximate surface area is 117 Å². The highest BCUT2D eigenvalue weighted by atomic mass is 79.9. The second kappa shape index (κ2) is 4.84. The number of nitrogens with two attached hydrogens (primary N) is 1. The van der Waals surface area contributed by atoms with Crippen molar-refractivity contribution in [3.05, 3.63) is 26.5 Å². The molecule has 0 aliphatic rings. The standard InChI is InChI=1S/C11H10BrClN2OS/c1-5-3-8(16-2)7(13)4-6(5)11-15-10(14)9(12)17-11/h3-4H,14H2,1-2H3. The van der Waals surface area contributed by atoms with E-state index in [4.69, 9.17) is 22.1 Å². The molecule has 0 spiro atoms. The van der Waals surface area contributed by atoms with Gasteiger partial charge in [-0.3, -0.25) is 0 Å². The minimum atomic E-state index is 0.497. The van der Waals surface area contributed by atoms with Crippen molar-refractivity contribution >= 4 is 44.7 Å². The second-order valence-electron chi connectivity index (χ2n) is 3.48. The van der Waals surface area contributed by atoms with Crippen molar-refractivity contribution in [2.24, 2.45) is 0 Å². The molecule has 0 unspecified atom stereocenters. The number of rotatable bonds is 2. The molecule has 90 valence electrons. The van der Waals surface area contributed by atoms with Gasteiger partial charge in [-0.2, -0.15) is 0 Å². The summed E-state index contributed by atoms with van der Waals surface area (Å²) in [4.78, 5) is 4.29. The summed E-state index contributed by atoms with van der Waals surface area (Å²) in [5, 5.41) is 1.41. The van der Waals surface area contributed by atoms with Crippen LogP contribution in [-0.4, -0.2) is 12.1 Å². The molecule has 0 saturated heterocycles. The predicted octanol–water partition coefficient (Wildman–Crippen LogP) is 4.13. The zero-order chi connectivity index (χ0) is 12.6. The van der Waals surface area contributed by atoms with Crippen LogP contribution in [0.4, 0.5) is 5.82 Å². The summed E-state index contributed by atoms with van der Waals surface area (Å²) < 4.78 is 5.99. The van der Waals surface area contributed by atoms with E-state index in [1.807, 2.05) is 19.1 Å². The van der Waals surface area contributed by atoms with Gasteiger partial charge in [0.2, 0.25) is 0 Å². The number of aryl methyl sites for hydroxylation is 1. The molecule has 0 radical (unpaired) electrons. The van der Waals surface area contributed by atoms with E-state index >= 15 is 0 Å². The Morgan fingerprint density at radius 2 is 2.18 bits per heavy atom. The summed E-state index contributed by atoms with van der Waals surface area (Å²) in [6, 6.07) is 3.74. The maximum absolute atomic E-state index is 6.11. The number of ether oxygens (including phenoxy) is 1. The molecule has 2 N–H and O–H groups in total. The first-order valence-electron chi connectivity index (χ1n) is 4.79. The summed E-state index contributed by atoms with van der Waals surface area (Å²) >= 11 is 10.9. The zero-order valence-electron chi connectivity index (χ0n) is 9.25. The van der Waals surface area contributed by atoms with Gasteiger partial charge in [0.25, 0.3) is 0 Å². The number of benzene rings is 1. The average Bonchev–Trinajstić information content (AvgIpc) is 2.61. The van der Waals surface area contributed by atoms with Crippen LogP contribution in [0.5, 0.6) is 5.75 Å². The molecule has 1 heterocycles. The summed E-state index contributed by atoms with van der Waals surface area (Å²) in [6.45, 7) is 1.99. The van der Waals surface area contributed by atoms with Crippen molar-refractivity contribution < 1.29 is 4.74 Å². The van der Waals surface area contributed by atoms with Crippen molar-refractivity contribution in [1.82, 2.24) is 4.98 Å². The van der Waals surface area contributed by atoms with E-state index in [9.17, 15) is 0 Å². The van der Waals surface area contributed by atoms with Crippen LogP contribution in [0.3, 0.4) is 0 Å². The van der Waals surface area contributed by atoms with Crippen LogP contribution in [0.25, 0.3) is 10.6 Å². The van der Waals surface area contributed by atoms with Crippen molar-refractivity contribution in [3.8, 4) is 16.3 Å². The van der Waals surface area contributed by atoms with Crippen molar-refractivity contribution in [2.45, 2.75) is 6.92 Å². The summed E-state index contributed by atoms with van der Waals surface area (Å²) in [6.07, 6.45) is 0. The van der Waals surface area contributed by atoms with Gasteiger partial charge in [-0.05, 0) is 40.5 Å². The first-order valence-corrected chi connectivity index (χ1v) is 6.78. The van der Waals surface area contributed by atoms with Gasteiger partial charge in [-0.15, -0.1) is 11.3 Å². The molecular formula is C11H10BrClN2OS. The number of anilines is 1. The Bertz CT molecular complexity index is 551. The second-order valence-corrected chi connectivity index (χ2v) is 6.20. The summed E-state index contributed by atoms with van der Waals surface area (Å²) in [5.41, 5.74) is 7.74. The first-order chi connectivity index (χ1) is 8.02. The van der Waals surface area contributed by atoms with Crippen LogP contribution in [0.1, 0.15) is 5.56 Å². The number of hydrogen-bond donors (Lipinski definition) is 1. The third-order valence-corrected chi connectivity index (χ3v) is 4.42. The monoisotopic (exact) mass is 332 g/mol. The van der Waals surface area contributed by atoms with Crippen LogP contribution in [-0.2, 0) is 0 Å². The molecular weight excluding hydrogens is 324 g/mol. The van der Waals surface area contributed by atoms with Crippen LogP contribution < -0.4 is 10.5 Å². The topological polar surface area (TPSA) is 48.1 Å². The quantitative estimate of drug-likeness (QED) is 0.899. The van der Waals surface area contributed by atoms with Crippen molar-refractivity contribution in [3.63, 3.8) is 0 Å². The normalized spacial score (nSPS) is 10.6. The van der Waals surface area contributed by atoms with Crippen molar-refractivity contribution in [1.29, 1.82) is 0 Å². The van der Waals surface area contributed by atoms with E-state index in [0.717, 1.165) is 19.9 Å². The average molecular weight is 334 g/mol. The van der Waals surface area contributed by atoms with Gasteiger partial charge in [0.15, 0.2) is 0 Å². The number of nitrogens with zero attached hydrogens (tertiary/aromatic N) is 1. The zero-order valence-corrected chi connectivity index (χ0v) is 12.4. The van der Waals surface area contributed by atoms with Gasteiger partial charge < -0.3 is 10.5 Å². The number of halogens is 2. The van der Waals surface area contributed by atoms with Crippen LogP contribution in [0.2, 0.25) is 5.02 Å². The lowest BCUT2D eigenvalue weighted by Gasteiger charge is -2.07. The Morgan fingerprint density at radius 1 is 1.47 bits per heavy atom. The van der Waals surface area contributed by atoms with E-state index < -0.39 is 0 Å². The Hall–Kier alpha value is -0.780. The van der Waals surface area contributed by atoms with Gasteiger partial charge in [-0.25, -0.2) is 4.98 Å². The van der Waals surface area contributed by atoms with Crippen LogP contribution in [0, 0.1) is 6.92 Å². The highest BCUT2D eigenvalue weighted by molar-refractivity contribution is 9.11. The molecule has 2 rings (SSSR count). The molecule has 1 aromatic heterocycles. The van der Waals surface area contributed by atoms with E-state index in [0.29, 0.717) is 16.6 Å². The lowest BCUT2D eigenvalue weighted by atomic mass is 10.1. The fourth-order valence-electron chi connectivity index (χ4n) is 1.47. The molecule has 0 amide bonds. The summed E-state index contributed by atoms with van der Waals surface area (Å²) in [5.74, 6) is 1.16. The number of nitrogen functional groups attached to an aromatic ring is 1. The van der Waals surface area contributed by atoms with E-state index in [-0.39, 0.29) is 0 Å². The smallest absolute Gasteiger partial charge is 0.149 e. The van der Waals surface area contributed by atoms with Gasteiger partial charge >= 0.3 is 0 Å². The molecule has 0 bridgehead atoms. The van der Waals surface area contributed by atoms with Gasteiger partial charge in [0.05, 0.1) is 12.1 Å². The molecule has 3 nitrogen and oxygen atoms in total. The minimum absolute atomic E-state index is 0.497. The van der Waals surface area contributed by atoms with Gasteiger partial charge in [0, 0.05) is 5.56 Å². The number of thiazole rings is 1. The molecule has 1 aromatic carbocycles. The molecule has 0 atom stereocenters. The fourth-order valence-corrected chi connectivity index (χ4v) is 3.05. The highest BCUT2D eigenvalue weighted by Crippen LogP contribution is 2.38. The fraction of sp³-hybridized carbons (Fsp3) is 0.182. The number of hydrogen-bond acceptors (Lipinski definition) is 4. The van der Waals surface area contributed by atoms with Crippen LogP contribution in [0.15, 0.2) is 15.9 Å². The van der Waals surface area contributed by atoms with Crippen LogP contribution >= 0.6 is 38.9 Å². The molecule has 0 aliphatic carbocycles. The van der Waals surface area contributed by atoms with Crippen molar-refractivity contribution in [2.75, 3.05) is 12.8 Å². The lowest BCUT2D eigenvalue weighted by Crippen LogP contribution is -1.89. The Balaban J connectivity index is 2.56. The predicted molar refractivity (Wildman–Crippen MR) is 76.0 cm³/mol. The molecule has 0 saturated carbocycles. The maximum atomic E-state index is 6.11. The molecule has 6 heteroatoms. The van der Waals surface area contributed by atoms with Gasteiger partial charge in [0.1, 0.15) is 20.4 Å². The number of methoxy groups -OCH3 is 1. The summed E-state index contributed by atoms with van der Waals surface area (Å²) in [7, 11) is 1.60.